The Hall–Kier alpha value is 0.430. The first-order chi connectivity index (χ1) is 4.61. The lowest BCUT2D eigenvalue weighted by molar-refractivity contribution is 1.32. The van der Waals surface area contributed by atoms with Gasteiger partial charge >= 0.3 is 0 Å². The van der Waals surface area contributed by atoms with E-state index in [0.29, 0.717) is 0 Å². The van der Waals surface area contributed by atoms with E-state index < -0.39 is 0 Å². The minimum atomic E-state index is 1.17. The molecular formula is C8H8BrI. The van der Waals surface area contributed by atoms with Gasteiger partial charge in [0.2, 0.25) is 0 Å². The maximum Gasteiger partial charge on any atom is 0.0189 e. The zero-order chi connectivity index (χ0) is 7.72. The predicted molar refractivity (Wildman–Crippen MR) is 56.3 cm³/mol. The molecule has 0 heterocycles. The van der Waals surface area contributed by atoms with Crippen molar-refractivity contribution in [1.82, 2.24) is 0 Å². The van der Waals surface area contributed by atoms with Crippen LogP contribution in [0.25, 0.3) is 0 Å². The van der Waals surface area contributed by atoms with Crippen LogP contribution in [0.1, 0.15) is 11.1 Å². The maximum atomic E-state index is 3.44. The van der Waals surface area contributed by atoms with E-state index in [1.54, 1.807) is 0 Å². The highest BCUT2D eigenvalue weighted by atomic mass is 127. The van der Waals surface area contributed by atoms with E-state index in [1.165, 1.54) is 19.2 Å². The average molecular weight is 311 g/mol. The van der Waals surface area contributed by atoms with E-state index in [2.05, 4.69) is 64.5 Å². The normalized spacial score (nSPS) is 10.0. The Morgan fingerprint density at radius 1 is 1.20 bits per heavy atom. The van der Waals surface area contributed by atoms with Crippen molar-refractivity contribution in [3.8, 4) is 0 Å². The second-order valence-electron chi connectivity index (χ2n) is 2.35. The van der Waals surface area contributed by atoms with Crippen LogP contribution < -0.4 is 0 Å². The minimum absolute atomic E-state index is 1.17. The summed E-state index contributed by atoms with van der Waals surface area (Å²) in [6.07, 6.45) is 0. The molecule has 0 N–H and O–H groups in total. The molecule has 0 amide bonds. The summed E-state index contributed by atoms with van der Waals surface area (Å²) < 4.78 is 2.53. The van der Waals surface area contributed by atoms with Crippen LogP contribution >= 0.6 is 38.5 Å². The topological polar surface area (TPSA) is 0 Å². The smallest absolute Gasteiger partial charge is 0.0189 e. The van der Waals surface area contributed by atoms with Gasteiger partial charge in [0.1, 0.15) is 0 Å². The minimum Gasteiger partial charge on any atom is -0.0508 e. The Kier molecular flexibility index (Phi) is 2.74. The quantitative estimate of drug-likeness (QED) is 0.641. The Bertz CT molecular complexity index is 232. The highest BCUT2D eigenvalue weighted by molar-refractivity contribution is 14.1. The molecule has 0 aliphatic heterocycles. The van der Waals surface area contributed by atoms with Crippen LogP contribution in [0.2, 0.25) is 0 Å². The third-order valence-electron chi connectivity index (χ3n) is 1.40. The summed E-state index contributed by atoms with van der Waals surface area (Å²) in [6, 6.07) is 4.27. The lowest BCUT2D eigenvalue weighted by atomic mass is 10.2. The molecule has 0 saturated heterocycles. The van der Waals surface area contributed by atoms with Gasteiger partial charge in [0.25, 0.3) is 0 Å². The molecule has 0 saturated carbocycles. The fraction of sp³-hybridized carbons (Fsp3) is 0.250. The van der Waals surface area contributed by atoms with Gasteiger partial charge in [0, 0.05) is 8.04 Å². The van der Waals surface area contributed by atoms with Crippen molar-refractivity contribution in [2.45, 2.75) is 13.8 Å². The van der Waals surface area contributed by atoms with Gasteiger partial charge in [-0.15, -0.1) is 0 Å². The van der Waals surface area contributed by atoms with Crippen molar-refractivity contribution < 1.29 is 0 Å². The van der Waals surface area contributed by atoms with Crippen LogP contribution in [0.5, 0.6) is 0 Å². The molecule has 1 aromatic carbocycles. The van der Waals surface area contributed by atoms with Crippen molar-refractivity contribution in [3.63, 3.8) is 0 Å². The summed E-state index contributed by atoms with van der Waals surface area (Å²) in [4.78, 5) is 0. The van der Waals surface area contributed by atoms with Crippen LogP contribution in [0.3, 0.4) is 0 Å². The molecule has 0 aromatic heterocycles. The first kappa shape index (κ1) is 8.53. The Morgan fingerprint density at radius 3 is 2.00 bits per heavy atom. The first-order valence-electron chi connectivity index (χ1n) is 3.03. The average Bonchev–Trinajstić information content (AvgIpc) is 1.82. The van der Waals surface area contributed by atoms with E-state index >= 15 is 0 Å². The van der Waals surface area contributed by atoms with E-state index in [1.807, 2.05) is 0 Å². The summed E-state index contributed by atoms with van der Waals surface area (Å²) in [7, 11) is 0. The number of hydrogen-bond donors (Lipinski definition) is 0. The predicted octanol–water partition coefficient (Wildman–Crippen LogP) is 3.67. The number of rotatable bonds is 0. The third kappa shape index (κ3) is 1.72. The first-order valence-corrected chi connectivity index (χ1v) is 4.90. The van der Waals surface area contributed by atoms with Crippen LogP contribution in [-0.2, 0) is 0 Å². The highest BCUT2D eigenvalue weighted by Gasteiger charge is 1.98. The molecule has 0 fully saturated rings. The number of aryl methyl sites for hydroxylation is 2. The van der Waals surface area contributed by atoms with E-state index in [4.69, 9.17) is 0 Å². The van der Waals surface area contributed by atoms with Crippen molar-refractivity contribution in [2.24, 2.45) is 0 Å². The van der Waals surface area contributed by atoms with Crippen molar-refractivity contribution in [1.29, 1.82) is 0 Å². The second kappa shape index (κ2) is 3.22. The largest absolute Gasteiger partial charge is 0.0508 e. The molecule has 54 valence electrons. The van der Waals surface area contributed by atoms with Gasteiger partial charge in [-0.2, -0.15) is 0 Å². The number of benzene rings is 1. The van der Waals surface area contributed by atoms with Gasteiger partial charge in [-0.05, 0) is 59.7 Å². The molecule has 0 unspecified atom stereocenters. The number of hydrogen-bond acceptors (Lipinski definition) is 0. The molecule has 10 heavy (non-hydrogen) atoms. The van der Waals surface area contributed by atoms with Crippen LogP contribution in [0.15, 0.2) is 16.6 Å². The maximum absolute atomic E-state index is 3.44. The van der Waals surface area contributed by atoms with Gasteiger partial charge in [-0.3, -0.25) is 0 Å². The highest BCUT2D eigenvalue weighted by Crippen LogP contribution is 2.21. The Morgan fingerprint density at radius 2 is 1.60 bits per heavy atom. The van der Waals surface area contributed by atoms with Crippen molar-refractivity contribution in [2.75, 3.05) is 0 Å². The molecule has 0 radical (unpaired) electrons. The van der Waals surface area contributed by atoms with Gasteiger partial charge in [-0.25, -0.2) is 0 Å². The summed E-state index contributed by atoms with van der Waals surface area (Å²) in [6.45, 7) is 4.25. The summed E-state index contributed by atoms with van der Waals surface area (Å²) >= 11 is 5.81. The second-order valence-corrected chi connectivity index (χ2v) is 4.35. The number of halogens is 2. The molecular weight excluding hydrogens is 303 g/mol. The molecule has 1 rings (SSSR count). The molecule has 0 atom stereocenters. The molecule has 0 bridgehead atoms. The lowest BCUT2D eigenvalue weighted by Gasteiger charge is -2.02. The van der Waals surface area contributed by atoms with Gasteiger partial charge in [0.15, 0.2) is 0 Å². The zero-order valence-electron chi connectivity index (χ0n) is 5.91. The van der Waals surface area contributed by atoms with E-state index in [-0.39, 0.29) is 0 Å². The van der Waals surface area contributed by atoms with E-state index in [0.717, 1.165) is 0 Å². The standard InChI is InChI=1S/C8H8BrI/c1-5-3-7(9)4-6(2)8(5)10/h3-4H,1-2H3. The van der Waals surface area contributed by atoms with Gasteiger partial charge < -0.3 is 0 Å². The molecule has 0 aliphatic rings. The van der Waals surface area contributed by atoms with Crippen molar-refractivity contribution in [3.05, 3.63) is 31.3 Å². The van der Waals surface area contributed by atoms with Crippen LogP contribution in [0, 0.1) is 17.4 Å². The summed E-state index contributed by atoms with van der Waals surface area (Å²) in [5.41, 5.74) is 2.68. The monoisotopic (exact) mass is 310 g/mol. The van der Waals surface area contributed by atoms with Crippen LogP contribution in [0.4, 0.5) is 0 Å². The molecule has 0 spiro atoms. The lowest BCUT2D eigenvalue weighted by Crippen LogP contribution is -1.84. The molecule has 1 aromatic rings. The molecule has 0 aliphatic carbocycles. The zero-order valence-corrected chi connectivity index (χ0v) is 9.65. The third-order valence-corrected chi connectivity index (χ3v) is 3.56. The van der Waals surface area contributed by atoms with E-state index in [9.17, 15) is 0 Å². The molecule has 0 nitrogen and oxygen atoms in total. The van der Waals surface area contributed by atoms with Crippen molar-refractivity contribution >= 4 is 38.5 Å². The Balaban J connectivity index is 3.31. The summed E-state index contributed by atoms with van der Waals surface area (Å²) in [5, 5.41) is 0. The SMILES string of the molecule is Cc1cc(Br)cc(C)c1I. The fourth-order valence-electron chi connectivity index (χ4n) is 0.893. The van der Waals surface area contributed by atoms with Gasteiger partial charge in [-0.1, -0.05) is 15.9 Å². The van der Waals surface area contributed by atoms with Crippen LogP contribution in [-0.4, -0.2) is 0 Å². The van der Waals surface area contributed by atoms with Gasteiger partial charge in [0.05, 0.1) is 0 Å². The molecule has 2 heteroatoms. The summed E-state index contributed by atoms with van der Waals surface area (Å²) in [5.74, 6) is 0. The fourth-order valence-corrected chi connectivity index (χ4v) is 1.89. The Labute approximate surface area is 83.3 Å².